The third kappa shape index (κ3) is 1.38. The minimum atomic E-state index is 0. The van der Waals surface area contributed by atoms with Gasteiger partial charge in [-0.2, -0.15) is 0 Å². The molecule has 0 aromatic carbocycles. The first-order valence-corrected chi connectivity index (χ1v) is 3.99. The Hall–Kier alpha value is -0.190. The van der Waals surface area contributed by atoms with Gasteiger partial charge in [0.05, 0.1) is 0 Å². The number of rotatable bonds is 1. The molecule has 2 fully saturated rings. The zero-order valence-corrected chi connectivity index (χ0v) is 7.41. The van der Waals surface area contributed by atoms with Gasteiger partial charge in [-0.3, -0.25) is 0 Å². The van der Waals surface area contributed by atoms with Crippen molar-refractivity contribution in [2.45, 2.75) is 19.3 Å². The average molecular weight is 172 g/mol. The number of terminal acetylenes is 1. The highest BCUT2D eigenvalue weighted by molar-refractivity contribution is 5.85. The maximum absolute atomic E-state index is 5.22. The van der Waals surface area contributed by atoms with Crippen molar-refractivity contribution >= 4 is 12.4 Å². The maximum atomic E-state index is 5.22. The summed E-state index contributed by atoms with van der Waals surface area (Å²) in [6, 6.07) is 0. The lowest BCUT2D eigenvalue weighted by molar-refractivity contribution is 0.00308. The Kier molecular flexibility index (Phi) is 2.47. The van der Waals surface area contributed by atoms with Gasteiger partial charge in [-0.05, 0) is 24.2 Å². The van der Waals surface area contributed by atoms with Gasteiger partial charge in [-0.25, -0.2) is 0 Å². The average Bonchev–Trinajstić information content (AvgIpc) is 1.72. The van der Waals surface area contributed by atoms with Gasteiger partial charge < -0.3 is 5.32 Å². The van der Waals surface area contributed by atoms with Gasteiger partial charge in [0.25, 0.3) is 0 Å². The van der Waals surface area contributed by atoms with E-state index in [4.69, 9.17) is 6.42 Å². The van der Waals surface area contributed by atoms with Gasteiger partial charge in [0.2, 0.25) is 0 Å². The maximum Gasteiger partial charge on any atom is 0.0115 e. The van der Waals surface area contributed by atoms with Gasteiger partial charge in [0.15, 0.2) is 0 Å². The summed E-state index contributed by atoms with van der Waals surface area (Å²) in [5.74, 6) is 3.59. The number of nitrogens with one attached hydrogen (secondary N) is 1. The Morgan fingerprint density at radius 1 is 1.45 bits per heavy atom. The topological polar surface area (TPSA) is 12.0 Å². The van der Waals surface area contributed by atoms with E-state index < -0.39 is 0 Å². The van der Waals surface area contributed by atoms with Crippen molar-refractivity contribution in [2.75, 3.05) is 13.1 Å². The van der Waals surface area contributed by atoms with Crippen LogP contribution in [-0.4, -0.2) is 13.1 Å². The molecule has 0 aromatic heterocycles. The Bertz CT molecular complexity index is 170. The minimum absolute atomic E-state index is 0. The van der Waals surface area contributed by atoms with E-state index >= 15 is 0 Å². The zero-order chi connectivity index (χ0) is 7.03. The Balaban J connectivity index is 0.000000605. The van der Waals surface area contributed by atoms with Crippen molar-refractivity contribution in [1.82, 2.24) is 5.32 Å². The molecule has 1 aliphatic carbocycles. The molecule has 1 spiro atoms. The second kappa shape index (κ2) is 3.05. The molecule has 1 saturated heterocycles. The molecular weight excluding hydrogens is 158 g/mol. The molecule has 0 atom stereocenters. The van der Waals surface area contributed by atoms with Crippen LogP contribution in [0.5, 0.6) is 0 Å². The van der Waals surface area contributed by atoms with Crippen molar-refractivity contribution in [3.05, 3.63) is 0 Å². The summed E-state index contributed by atoms with van der Waals surface area (Å²) in [5.41, 5.74) is 0.710. The third-order valence-corrected chi connectivity index (χ3v) is 2.85. The van der Waals surface area contributed by atoms with E-state index in [1.807, 2.05) is 0 Å². The molecule has 1 saturated carbocycles. The third-order valence-electron chi connectivity index (χ3n) is 2.85. The van der Waals surface area contributed by atoms with Gasteiger partial charge >= 0.3 is 0 Å². The van der Waals surface area contributed by atoms with Crippen molar-refractivity contribution in [3.63, 3.8) is 0 Å². The van der Waals surface area contributed by atoms with Gasteiger partial charge in [0.1, 0.15) is 0 Å². The van der Waals surface area contributed by atoms with Crippen LogP contribution in [0.1, 0.15) is 19.3 Å². The fraction of sp³-hybridized carbons (Fsp3) is 0.778. The Morgan fingerprint density at radius 2 is 2.09 bits per heavy atom. The molecule has 1 nitrogen and oxygen atoms in total. The molecule has 1 heterocycles. The van der Waals surface area contributed by atoms with Gasteiger partial charge in [-0.1, -0.05) is 0 Å². The SMILES string of the molecule is C#CCC1CC2(CNC2)C1.Cl. The Labute approximate surface area is 74.3 Å². The summed E-state index contributed by atoms with van der Waals surface area (Å²) < 4.78 is 0. The first-order valence-electron chi connectivity index (χ1n) is 3.99. The quantitative estimate of drug-likeness (QED) is 0.589. The van der Waals surface area contributed by atoms with Crippen LogP contribution in [0, 0.1) is 23.7 Å². The molecule has 0 unspecified atom stereocenters. The molecule has 1 aliphatic heterocycles. The predicted octanol–water partition coefficient (Wildman–Crippen LogP) is 1.43. The largest absolute Gasteiger partial charge is 0.316 e. The molecule has 0 radical (unpaired) electrons. The van der Waals surface area contributed by atoms with E-state index in [1.54, 1.807) is 0 Å². The molecule has 0 bridgehead atoms. The van der Waals surface area contributed by atoms with Gasteiger partial charge in [-0.15, -0.1) is 24.8 Å². The van der Waals surface area contributed by atoms with Crippen LogP contribution in [0.2, 0.25) is 0 Å². The standard InChI is InChI=1S/C9H13N.ClH/c1-2-3-8-4-9(5-8)6-10-7-9;/h1,8,10H,3-7H2;1H. The summed E-state index contributed by atoms with van der Waals surface area (Å²) >= 11 is 0. The second-order valence-electron chi connectivity index (χ2n) is 3.79. The van der Waals surface area contributed by atoms with Crippen molar-refractivity contribution in [2.24, 2.45) is 11.3 Å². The van der Waals surface area contributed by atoms with Crippen LogP contribution in [0.15, 0.2) is 0 Å². The highest BCUT2D eigenvalue weighted by Gasteiger charge is 2.47. The van der Waals surface area contributed by atoms with Crippen LogP contribution in [0.3, 0.4) is 0 Å². The number of hydrogen-bond acceptors (Lipinski definition) is 1. The molecule has 11 heavy (non-hydrogen) atoms. The summed E-state index contributed by atoms with van der Waals surface area (Å²) in [4.78, 5) is 0. The highest BCUT2D eigenvalue weighted by atomic mass is 35.5. The number of halogens is 1. The minimum Gasteiger partial charge on any atom is -0.316 e. The lowest BCUT2D eigenvalue weighted by Gasteiger charge is -2.54. The first-order chi connectivity index (χ1) is 4.85. The fourth-order valence-electron chi connectivity index (χ4n) is 2.24. The van der Waals surface area contributed by atoms with Crippen molar-refractivity contribution in [1.29, 1.82) is 0 Å². The normalized spacial score (nSPS) is 26.1. The van der Waals surface area contributed by atoms with Crippen LogP contribution in [-0.2, 0) is 0 Å². The van der Waals surface area contributed by atoms with E-state index in [0.29, 0.717) is 5.41 Å². The highest BCUT2D eigenvalue weighted by Crippen LogP contribution is 2.49. The molecule has 2 heteroatoms. The van der Waals surface area contributed by atoms with Gasteiger partial charge in [0, 0.05) is 19.5 Å². The summed E-state index contributed by atoms with van der Waals surface area (Å²) in [6.07, 6.45) is 8.98. The second-order valence-corrected chi connectivity index (χ2v) is 3.79. The lowest BCUT2D eigenvalue weighted by atomic mass is 9.58. The zero-order valence-electron chi connectivity index (χ0n) is 6.60. The van der Waals surface area contributed by atoms with Crippen molar-refractivity contribution in [3.8, 4) is 12.3 Å². The molecule has 0 aromatic rings. The van der Waals surface area contributed by atoms with Crippen LogP contribution >= 0.6 is 12.4 Å². The molecule has 0 amide bonds. The Morgan fingerprint density at radius 3 is 2.45 bits per heavy atom. The van der Waals surface area contributed by atoms with Crippen molar-refractivity contribution < 1.29 is 0 Å². The van der Waals surface area contributed by atoms with E-state index in [2.05, 4.69) is 11.2 Å². The van der Waals surface area contributed by atoms with E-state index in [0.717, 1.165) is 12.3 Å². The molecule has 62 valence electrons. The van der Waals surface area contributed by atoms with Crippen LogP contribution in [0.25, 0.3) is 0 Å². The van der Waals surface area contributed by atoms with E-state index in [9.17, 15) is 0 Å². The molecular formula is C9H14ClN. The van der Waals surface area contributed by atoms with Crippen LogP contribution < -0.4 is 5.32 Å². The summed E-state index contributed by atoms with van der Waals surface area (Å²) in [6.45, 7) is 2.49. The smallest absolute Gasteiger partial charge is 0.0115 e. The predicted molar refractivity (Wildman–Crippen MR) is 48.7 cm³/mol. The molecule has 2 rings (SSSR count). The summed E-state index contributed by atoms with van der Waals surface area (Å²) in [7, 11) is 0. The van der Waals surface area contributed by atoms with E-state index in [-0.39, 0.29) is 12.4 Å². The molecule has 1 N–H and O–H groups in total. The fourth-order valence-corrected chi connectivity index (χ4v) is 2.24. The summed E-state index contributed by atoms with van der Waals surface area (Å²) in [5, 5.41) is 3.31. The lowest BCUT2D eigenvalue weighted by Crippen LogP contribution is -2.60. The first kappa shape index (κ1) is 8.90. The van der Waals surface area contributed by atoms with Crippen LogP contribution in [0.4, 0.5) is 0 Å². The number of hydrogen-bond donors (Lipinski definition) is 1. The monoisotopic (exact) mass is 171 g/mol. The molecule has 2 aliphatic rings. The van der Waals surface area contributed by atoms with E-state index in [1.165, 1.54) is 25.9 Å².